The fourth-order valence-corrected chi connectivity index (χ4v) is 0.495. The third-order valence-corrected chi connectivity index (χ3v) is 0.869. The Labute approximate surface area is 61.7 Å². The van der Waals surface area contributed by atoms with Crippen molar-refractivity contribution in [2.24, 2.45) is 5.18 Å². The molecule has 0 spiro atoms. The van der Waals surface area contributed by atoms with E-state index in [0.717, 1.165) is 4.85 Å². The van der Waals surface area contributed by atoms with Gasteiger partial charge < -0.3 is 4.84 Å². The van der Waals surface area contributed by atoms with Gasteiger partial charge in [-0.2, -0.15) is 4.91 Å². The fourth-order valence-electron chi connectivity index (χ4n) is 0.495. The van der Waals surface area contributed by atoms with Crippen molar-refractivity contribution in [2.45, 2.75) is 0 Å². The minimum Gasteiger partial charge on any atom is -0.317 e. The zero-order valence-corrected chi connectivity index (χ0v) is 5.51. The van der Waals surface area contributed by atoms with Gasteiger partial charge in [-0.25, -0.2) is 4.79 Å². The lowest BCUT2D eigenvalue weighted by Gasteiger charge is -1.97. The number of carbonyl (C=O) groups excluding carboxylic acids is 1. The van der Waals surface area contributed by atoms with E-state index in [-0.39, 0.29) is 0 Å². The van der Waals surface area contributed by atoms with Crippen molar-refractivity contribution in [3.63, 3.8) is 0 Å². The van der Waals surface area contributed by atoms with Crippen LogP contribution in [0.4, 0.5) is 0 Å². The molecule has 0 radical (unpaired) electrons. The SMILES string of the molecule is O=NCC(=O)On1cccn1. The Kier molecular flexibility index (Phi) is 2.32. The van der Waals surface area contributed by atoms with Crippen LogP contribution < -0.4 is 4.84 Å². The highest BCUT2D eigenvalue weighted by atomic mass is 16.7. The average Bonchev–Trinajstić information content (AvgIpc) is 2.40. The summed E-state index contributed by atoms with van der Waals surface area (Å²) >= 11 is 0. The molecule has 1 aromatic rings. The normalized spacial score (nSPS) is 9.09. The third-order valence-electron chi connectivity index (χ3n) is 0.869. The maximum Gasteiger partial charge on any atom is 0.359 e. The van der Waals surface area contributed by atoms with Gasteiger partial charge in [0.2, 0.25) is 0 Å². The molecule has 6 heteroatoms. The van der Waals surface area contributed by atoms with E-state index in [0.29, 0.717) is 0 Å². The quantitative estimate of drug-likeness (QED) is 0.557. The van der Waals surface area contributed by atoms with E-state index < -0.39 is 12.5 Å². The van der Waals surface area contributed by atoms with Crippen LogP contribution in [0, 0.1) is 4.91 Å². The maximum atomic E-state index is 10.5. The van der Waals surface area contributed by atoms with Crippen LogP contribution in [0.3, 0.4) is 0 Å². The predicted octanol–water partition coefficient (Wildman–Crippen LogP) is -0.395. The van der Waals surface area contributed by atoms with Crippen molar-refractivity contribution in [2.75, 3.05) is 6.54 Å². The molecule has 0 aliphatic rings. The molecular formula is C5H5N3O3. The minimum absolute atomic E-state index is 0.500. The van der Waals surface area contributed by atoms with Crippen LogP contribution in [-0.2, 0) is 4.79 Å². The zero-order chi connectivity index (χ0) is 8.10. The molecule has 1 aromatic heterocycles. The molecule has 58 valence electrons. The van der Waals surface area contributed by atoms with Gasteiger partial charge in [0.05, 0.1) is 12.4 Å². The summed E-state index contributed by atoms with van der Waals surface area (Å²) in [7, 11) is 0. The summed E-state index contributed by atoms with van der Waals surface area (Å²) in [5.41, 5.74) is 0. The van der Waals surface area contributed by atoms with Crippen LogP contribution in [0.1, 0.15) is 0 Å². The van der Waals surface area contributed by atoms with E-state index in [1.54, 1.807) is 6.07 Å². The van der Waals surface area contributed by atoms with Gasteiger partial charge in [0.1, 0.15) is 0 Å². The number of aromatic nitrogens is 2. The summed E-state index contributed by atoms with van der Waals surface area (Å²) in [6.45, 7) is -0.500. The van der Waals surface area contributed by atoms with E-state index in [9.17, 15) is 9.70 Å². The van der Waals surface area contributed by atoms with Gasteiger partial charge in [-0.05, 0) is 6.07 Å². The predicted molar refractivity (Wildman–Crippen MR) is 34.5 cm³/mol. The summed E-state index contributed by atoms with van der Waals surface area (Å²) < 4.78 is 0. The van der Waals surface area contributed by atoms with Crippen LogP contribution in [0.5, 0.6) is 0 Å². The van der Waals surface area contributed by atoms with Crippen molar-refractivity contribution in [1.29, 1.82) is 0 Å². The lowest BCUT2D eigenvalue weighted by molar-refractivity contribution is -0.144. The van der Waals surface area contributed by atoms with Crippen molar-refractivity contribution in [3.8, 4) is 0 Å². The molecule has 0 atom stereocenters. The molecule has 0 saturated carbocycles. The van der Waals surface area contributed by atoms with Crippen molar-refractivity contribution >= 4 is 5.97 Å². The number of hydrogen-bond donors (Lipinski definition) is 0. The molecule has 0 saturated heterocycles. The maximum absolute atomic E-state index is 10.5. The standard InChI is InChI=1S/C5H5N3O3/c9-5(4-7-10)11-8-3-1-2-6-8/h1-3H,4H2. The number of nitroso groups, excluding NO2 is 1. The Morgan fingerprint density at radius 1 is 1.73 bits per heavy atom. The lowest BCUT2D eigenvalue weighted by Crippen LogP contribution is -2.21. The molecule has 0 aromatic carbocycles. The highest BCUT2D eigenvalue weighted by Crippen LogP contribution is 1.80. The van der Waals surface area contributed by atoms with Gasteiger partial charge in [-0.1, -0.05) is 10.0 Å². The first-order valence-electron chi connectivity index (χ1n) is 2.83. The molecule has 6 nitrogen and oxygen atoms in total. The monoisotopic (exact) mass is 155 g/mol. The van der Waals surface area contributed by atoms with Gasteiger partial charge in [-0.3, -0.25) is 0 Å². The van der Waals surface area contributed by atoms with Crippen LogP contribution in [0.15, 0.2) is 23.6 Å². The van der Waals surface area contributed by atoms with Gasteiger partial charge in [0, 0.05) is 0 Å². The summed E-state index contributed by atoms with van der Waals surface area (Å²) in [5, 5.41) is 5.92. The highest BCUT2D eigenvalue weighted by molar-refractivity contribution is 5.71. The minimum atomic E-state index is -0.733. The van der Waals surface area contributed by atoms with E-state index >= 15 is 0 Å². The third kappa shape index (κ3) is 2.17. The molecule has 0 amide bonds. The van der Waals surface area contributed by atoms with Crippen molar-refractivity contribution < 1.29 is 9.63 Å². The Balaban J connectivity index is 2.43. The van der Waals surface area contributed by atoms with E-state index in [2.05, 4.69) is 15.1 Å². The van der Waals surface area contributed by atoms with E-state index in [1.807, 2.05) is 0 Å². The van der Waals surface area contributed by atoms with Crippen LogP contribution >= 0.6 is 0 Å². The molecule has 0 aliphatic carbocycles. The largest absolute Gasteiger partial charge is 0.359 e. The molecule has 1 rings (SSSR count). The first kappa shape index (κ1) is 7.39. The molecule has 0 N–H and O–H groups in total. The molecule has 0 bridgehead atoms. The van der Waals surface area contributed by atoms with Crippen molar-refractivity contribution in [1.82, 2.24) is 9.94 Å². The second-order valence-corrected chi connectivity index (χ2v) is 1.66. The van der Waals surface area contributed by atoms with Gasteiger partial charge >= 0.3 is 5.97 Å². The molecule has 0 fully saturated rings. The Morgan fingerprint density at radius 2 is 2.55 bits per heavy atom. The molecular weight excluding hydrogens is 150 g/mol. The number of carbonyl (C=O) groups is 1. The second kappa shape index (κ2) is 3.45. The van der Waals surface area contributed by atoms with Gasteiger partial charge in [0.15, 0.2) is 6.54 Å². The van der Waals surface area contributed by atoms with Gasteiger partial charge in [0.25, 0.3) is 0 Å². The zero-order valence-electron chi connectivity index (χ0n) is 5.51. The Bertz CT molecular complexity index is 243. The van der Waals surface area contributed by atoms with Crippen LogP contribution in [-0.4, -0.2) is 22.5 Å². The molecule has 11 heavy (non-hydrogen) atoms. The van der Waals surface area contributed by atoms with Crippen LogP contribution in [0.2, 0.25) is 0 Å². The van der Waals surface area contributed by atoms with E-state index in [1.165, 1.54) is 12.4 Å². The molecule has 0 aliphatic heterocycles. The first-order chi connectivity index (χ1) is 5.33. The first-order valence-corrected chi connectivity index (χ1v) is 2.83. The smallest absolute Gasteiger partial charge is 0.317 e. The Morgan fingerprint density at radius 3 is 3.09 bits per heavy atom. The van der Waals surface area contributed by atoms with Crippen LogP contribution in [0.25, 0.3) is 0 Å². The van der Waals surface area contributed by atoms with Crippen molar-refractivity contribution in [3.05, 3.63) is 23.4 Å². The fraction of sp³-hybridized carbons (Fsp3) is 0.200. The molecule has 1 heterocycles. The van der Waals surface area contributed by atoms with E-state index in [4.69, 9.17) is 0 Å². The average molecular weight is 155 g/mol. The highest BCUT2D eigenvalue weighted by Gasteiger charge is 2.02. The lowest BCUT2D eigenvalue weighted by atomic mass is 10.7. The summed E-state index contributed by atoms with van der Waals surface area (Å²) in [5.74, 6) is -0.733. The summed E-state index contributed by atoms with van der Waals surface area (Å²) in [4.78, 5) is 25.5. The summed E-state index contributed by atoms with van der Waals surface area (Å²) in [6.07, 6.45) is 2.88. The molecule has 0 unspecified atom stereocenters. The Hall–Kier alpha value is -1.72. The summed E-state index contributed by atoms with van der Waals surface area (Å²) in [6, 6.07) is 1.58. The topological polar surface area (TPSA) is 73.6 Å². The van der Waals surface area contributed by atoms with Gasteiger partial charge in [-0.15, -0.1) is 5.10 Å². The second-order valence-electron chi connectivity index (χ2n) is 1.66. The number of nitrogens with zero attached hydrogens (tertiary/aromatic N) is 3. The number of rotatable bonds is 3. The number of hydrogen-bond acceptors (Lipinski definition) is 5.